The van der Waals surface area contributed by atoms with Gasteiger partial charge in [-0.2, -0.15) is 0 Å². The Morgan fingerprint density at radius 2 is 1.81 bits per heavy atom. The molecule has 0 spiro atoms. The van der Waals surface area contributed by atoms with Crippen LogP contribution in [0.3, 0.4) is 0 Å². The molecule has 0 aromatic rings. The summed E-state index contributed by atoms with van der Waals surface area (Å²) in [6, 6.07) is 0. The smallest absolute Gasteiger partial charge is 0.308 e. The average Bonchev–Trinajstić information content (AvgIpc) is 2.22. The van der Waals surface area contributed by atoms with Gasteiger partial charge >= 0.3 is 5.97 Å². The van der Waals surface area contributed by atoms with E-state index in [0.29, 0.717) is 13.0 Å². The number of hydrogen-bond donors (Lipinski definition) is 1. The lowest BCUT2D eigenvalue weighted by molar-refractivity contribution is -0.143. The standard InChI is InChI=1S/C11H22N2O3/c1-5-10(14)13(7-6-12(3)4)8-9(2)11(15)16/h9H,5-8H2,1-4H3,(H,15,16). The van der Waals surface area contributed by atoms with Crippen molar-refractivity contribution in [2.45, 2.75) is 20.3 Å². The molecule has 1 atom stereocenters. The fraction of sp³-hybridized carbons (Fsp3) is 0.818. The third-order valence-corrected chi connectivity index (χ3v) is 2.39. The Morgan fingerprint density at radius 3 is 2.19 bits per heavy atom. The molecule has 16 heavy (non-hydrogen) atoms. The van der Waals surface area contributed by atoms with Gasteiger partial charge in [-0.05, 0) is 14.1 Å². The molecule has 0 saturated carbocycles. The molecule has 0 aliphatic carbocycles. The van der Waals surface area contributed by atoms with E-state index in [-0.39, 0.29) is 12.5 Å². The Kier molecular flexibility index (Phi) is 6.72. The molecule has 5 nitrogen and oxygen atoms in total. The van der Waals surface area contributed by atoms with Gasteiger partial charge in [0, 0.05) is 26.1 Å². The van der Waals surface area contributed by atoms with Crippen molar-refractivity contribution in [1.29, 1.82) is 0 Å². The molecule has 94 valence electrons. The Labute approximate surface area is 97.0 Å². The summed E-state index contributed by atoms with van der Waals surface area (Å²) in [6.45, 7) is 5.02. The number of nitrogens with zero attached hydrogens (tertiary/aromatic N) is 2. The van der Waals surface area contributed by atoms with Gasteiger partial charge in [-0.15, -0.1) is 0 Å². The molecule has 5 heteroatoms. The van der Waals surface area contributed by atoms with Crippen LogP contribution in [0.15, 0.2) is 0 Å². The summed E-state index contributed by atoms with van der Waals surface area (Å²) in [5.41, 5.74) is 0. The van der Waals surface area contributed by atoms with Crippen LogP contribution in [-0.4, -0.2) is 60.5 Å². The van der Waals surface area contributed by atoms with Crippen LogP contribution in [0.4, 0.5) is 0 Å². The number of amides is 1. The molecule has 0 rings (SSSR count). The van der Waals surface area contributed by atoms with Crippen molar-refractivity contribution in [2.24, 2.45) is 5.92 Å². The molecule has 1 amide bonds. The van der Waals surface area contributed by atoms with Crippen molar-refractivity contribution < 1.29 is 14.7 Å². The van der Waals surface area contributed by atoms with Crippen LogP contribution in [-0.2, 0) is 9.59 Å². The monoisotopic (exact) mass is 230 g/mol. The lowest BCUT2D eigenvalue weighted by Crippen LogP contribution is -2.40. The third kappa shape index (κ3) is 5.70. The van der Waals surface area contributed by atoms with E-state index in [1.807, 2.05) is 19.0 Å². The van der Waals surface area contributed by atoms with Gasteiger partial charge in [-0.25, -0.2) is 0 Å². The van der Waals surface area contributed by atoms with Crippen molar-refractivity contribution in [3.05, 3.63) is 0 Å². The van der Waals surface area contributed by atoms with Gasteiger partial charge in [0.15, 0.2) is 0 Å². The predicted octanol–water partition coefficient (Wildman–Crippen LogP) is 0.507. The summed E-state index contributed by atoms with van der Waals surface area (Å²) in [4.78, 5) is 25.9. The van der Waals surface area contributed by atoms with Crippen LogP contribution in [0.25, 0.3) is 0 Å². The van der Waals surface area contributed by atoms with Crippen molar-refractivity contribution in [3.8, 4) is 0 Å². The zero-order valence-electron chi connectivity index (χ0n) is 10.6. The topological polar surface area (TPSA) is 60.9 Å². The zero-order valence-corrected chi connectivity index (χ0v) is 10.6. The molecule has 1 unspecified atom stereocenters. The average molecular weight is 230 g/mol. The molecule has 0 bridgehead atoms. The number of carboxylic acids is 1. The maximum absolute atomic E-state index is 11.6. The van der Waals surface area contributed by atoms with Gasteiger partial charge in [0.05, 0.1) is 5.92 Å². The van der Waals surface area contributed by atoms with Crippen molar-refractivity contribution in [1.82, 2.24) is 9.80 Å². The van der Waals surface area contributed by atoms with Crippen LogP contribution >= 0.6 is 0 Å². The first-order valence-corrected chi connectivity index (χ1v) is 5.53. The number of carbonyl (C=O) groups is 2. The van der Waals surface area contributed by atoms with E-state index in [4.69, 9.17) is 5.11 Å². The first-order valence-electron chi connectivity index (χ1n) is 5.53. The number of aliphatic carboxylic acids is 1. The number of carbonyl (C=O) groups excluding carboxylic acids is 1. The largest absolute Gasteiger partial charge is 0.481 e. The van der Waals surface area contributed by atoms with Gasteiger partial charge in [0.1, 0.15) is 0 Å². The van der Waals surface area contributed by atoms with Gasteiger partial charge in [-0.3, -0.25) is 9.59 Å². The van der Waals surface area contributed by atoms with Gasteiger partial charge in [0.2, 0.25) is 5.91 Å². The Balaban J connectivity index is 4.31. The van der Waals surface area contributed by atoms with E-state index in [2.05, 4.69) is 0 Å². The minimum atomic E-state index is -0.862. The summed E-state index contributed by atoms with van der Waals surface area (Å²) in [5.74, 6) is -1.37. The van der Waals surface area contributed by atoms with Gasteiger partial charge in [-0.1, -0.05) is 13.8 Å². The summed E-state index contributed by atoms with van der Waals surface area (Å²) in [7, 11) is 3.85. The molecule has 0 radical (unpaired) electrons. The summed E-state index contributed by atoms with van der Waals surface area (Å²) < 4.78 is 0. The quantitative estimate of drug-likeness (QED) is 0.692. The highest BCUT2D eigenvalue weighted by molar-refractivity contribution is 5.77. The van der Waals surface area contributed by atoms with Crippen molar-refractivity contribution in [2.75, 3.05) is 33.7 Å². The fourth-order valence-corrected chi connectivity index (χ4v) is 1.27. The second-order valence-corrected chi connectivity index (χ2v) is 4.24. The molecule has 0 heterocycles. The predicted molar refractivity (Wildman–Crippen MR) is 62.2 cm³/mol. The molecular formula is C11H22N2O3. The van der Waals surface area contributed by atoms with E-state index in [0.717, 1.165) is 6.54 Å². The Hall–Kier alpha value is -1.10. The van der Waals surface area contributed by atoms with Crippen LogP contribution in [0, 0.1) is 5.92 Å². The summed E-state index contributed by atoms with van der Waals surface area (Å²) in [5, 5.41) is 8.81. The van der Waals surface area contributed by atoms with Gasteiger partial charge in [0.25, 0.3) is 0 Å². The third-order valence-electron chi connectivity index (χ3n) is 2.39. The molecule has 0 aromatic carbocycles. The highest BCUT2D eigenvalue weighted by atomic mass is 16.4. The van der Waals surface area contributed by atoms with E-state index in [1.165, 1.54) is 0 Å². The summed E-state index contributed by atoms with van der Waals surface area (Å²) >= 11 is 0. The van der Waals surface area contributed by atoms with E-state index in [1.54, 1.807) is 18.7 Å². The first kappa shape index (κ1) is 14.9. The van der Waals surface area contributed by atoms with E-state index < -0.39 is 11.9 Å². The fourth-order valence-electron chi connectivity index (χ4n) is 1.27. The van der Waals surface area contributed by atoms with E-state index >= 15 is 0 Å². The van der Waals surface area contributed by atoms with Crippen molar-refractivity contribution >= 4 is 11.9 Å². The molecule has 1 N–H and O–H groups in total. The van der Waals surface area contributed by atoms with Crippen LogP contribution in [0.2, 0.25) is 0 Å². The van der Waals surface area contributed by atoms with Crippen LogP contribution in [0.1, 0.15) is 20.3 Å². The number of carboxylic acid groups (broad SMARTS) is 1. The normalized spacial score (nSPS) is 12.6. The van der Waals surface area contributed by atoms with Crippen LogP contribution < -0.4 is 0 Å². The van der Waals surface area contributed by atoms with Gasteiger partial charge < -0.3 is 14.9 Å². The van der Waals surface area contributed by atoms with E-state index in [9.17, 15) is 9.59 Å². The lowest BCUT2D eigenvalue weighted by Gasteiger charge is -2.25. The second kappa shape index (κ2) is 7.22. The number of likely N-dealkylation sites (N-methyl/N-ethyl adjacent to an activating group) is 1. The second-order valence-electron chi connectivity index (χ2n) is 4.24. The van der Waals surface area contributed by atoms with Crippen LogP contribution in [0.5, 0.6) is 0 Å². The molecule has 0 saturated heterocycles. The zero-order chi connectivity index (χ0) is 12.7. The lowest BCUT2D eigenvalue weighted by atomic mass is 10.1. The Bertz CT molecular complexity index is 241. The number of hydrogen-bond acceptors (Lipinski definition) is 3. The highest BCUT2D eigenvalue weighted by Gasteiger charge is 2.19. The maximum Gasteiger partial charge on any atom is 0.308 e. The molecule has 0 aliphatic rings. The molecule has 0 fully saturated rings. The Morgan fingerprint density at radius 1 is 1.25 bits per heavy atom. The maximum atomic E-state index is 11.6. The number of rotatable bonds is 7. The first-order chi connectivity index (χ1) is 7.38. The highest BCUT2D eigenvalue weighted by Crippen LogP contribution is 2.03. The SMILES string of the molecule is CCC(=O)N(CCN(C)C)CC(C)C(=O)O. The van der Waals surface area contributed by atoms with Crippen molar-refractivity contribution in [3.63, 3.8) is 0 Å². The molecular weight excluding hydrogens is 208 g/mol. The minimum absolute atomic E-state index is 0.00921. The summed E-state index contributed by atoms with van der Waals surface area (Å²) in [6.07, 6.45) is 0.416. The minimum Gasteiger partial charge on any atom is -0.481 e. The molecule has 0 aliphatic heterocycles. The molecule has 0 aromatic heterocycles.